The van der Waals surface area contributed by atoms with Crippen LogP contribution in [0.4, 0.5) is 4.79 Å². The van der Waals surface area contributed by atoms with Crippen molar-refractivity contribution in [2.45, 2.75) is 25.3 Å². The van der Waals surface area contributed by atoms with Gasteiger partial charge in [0.25, 0.3) is 5.91 Å². The second kappa shape index (κ2) is 9.51. The van der Waals surface area contributed by atoms with Gasteiger partial charge in [-0.1, -0.05) is 43.3 Å². The van der Waals surface area contributed by atoms with Gasteiger partial charge in [-0.2, -0.15) is 0 Å². The number of rotatable bonds is 9. The first-order chi connectivity index (χ1) is 14.9. The smallest absolute Gasteiger partial charge is 0.325 e. The summed E-state index contributed by atoms with van der Waals surface area (Å²) in [6, 6.07) is 14.0. The predicted octanol–water partition coefficient (Wildman–Crippen LogP) is 2.22. The number of carbonyl (C=O) groups excluding carboxylic acids is 3. The van der Waals surface area contributed by atoms with Crippen molar-refractivity contribution in [3.63, 3.8) is 0 Å². The lowest BCUT2D eigenvalue weighted by Crippen LogP contribution is -2.45. The molecule has 0 saturated carbocycles. The minimum Gasteiger partial charge on any atom is -0.493 e. The average molecular weight is 425 g/mol. The number of nitrogens with zero attached hydrogens (tertiary/aromatic N) is 1. The van der Waals surface area contributed by atoms with E-state index in [1.54, 1.807) is 32.4 Å². The third-order valence-electron chi connectivity index (χ3n) is 5.46. The molecular weight excluding hydrogens is 398 g/mol. The van der Waals surface area contributed by atoms with Gasteiger partial charge in [0, 0.05) is 6.54 Å². The van der Waals surface area contributed by atoms with Crippen molar-refractivity contribution in [2.75, 3.05) is 27.3 Å². The molecule has 1 aliphatic rings. The number of ether oxygens (including phenoxy) is 2. The Morgan fingerprint density at radius 3 is 2.42 bits per heavy atom. The molecule has 0 bridgehead atoms. The number of benzene rings is 2. The second-order valence-corrected chi connectivity index (χ2v) is 7.24. The van der Waals surface area contributed by atoms with Crippen LogP contribution in [0, 0.1) is 0 Å². The monoisotopic (exact) mass is 425 g/mol. The van der Waals surface area contributed by atoms with Gasteiger partial charge >= 0.3 is 6.03 Å². The summed E-state index contributed by atoms with van der Waals surface area (Å²) in [6.45, 7) is 1.86. The molecule has 1 aliphatic heterocycles. The lowest BCUT2D eigenvalue weighted by molar-refractivity contribution is -0.135. The quantitative estimate of drug-likeness (QED) is 0.601. The highest BCUT2D eigenvalue weighted by molar-refractivity contribution is 6.09. The van der Waals surface area contributed by atoms with Crippen LogP contribution >= 0.6 is 0 Å². The SMILES string of the molecule is CC[C@@]1(c2ccccc2)NC(=O)N(CC(=O)NCCc2ccc(OC)c(OC)c2)C1=O. The normalized spacial score (nSPS) is 18.0. The van der Waals surface area contributed by atoms with Crippen molar-refractivity contribution in [3.05, 3.63) is 59.7 Å². The summed E-state index contributed by atoms with van der Waals surface area (Å²) in [6.07, 6.45) is 0.953. The standard InChI is InChI=1S/C23H27N3O5/c1-4-23(17-8-6-5-7-9-17)21(28)26(22(29)25-23)15-20(27)24-13-12-16-10-11-18(30-2)19(14-16)31-3/h5-11,14H,4,12-13,15H2,1-3H3,(H,24,27)(H,25,29)/t23-/m0/s1. The molecule has 0 aromatic heterocycles. The van der Waals surface area contributed by atoms with Gasteiger partial charge in [-0.05, 0) is 36.1 Å². The maximum atomic E-state index is 13.1. The average Bonchev–Trinajstić information content (AvgIpc) is 3.04. The van der Waals surface area contributed by atoms with Crippen LogP contribution in [0.1, 0.15) is 24.5 Å². The van der Waals surface area contributed by atoms with Gasteiger partial charge in [0.15, 0.2) is 11.5 Å². The molecule has 0 unspecified atom stereocenters. The number of methoxy groups -OCH3 is 2. The first-order valence-electron chi connectivity index (χ1n) is 10.1. The molecule has 2 N–H and O–H groups in total. The van der Waals surface area contributed by atoms with Crippen LogP contribution in [0.3, 0.4) is 0 Å². The molecule has 2 aromatic carbocycles. The Kier molecular flexibility index (Phi) is 6.79. The topological polar surface area (TPSA) is 97.0 Å². The Hall–Kier alpha value is -3.55. The maximum Gasteiger partial charge on any atom is 0.325 e. The molecule has 8 heteroatoms. The largest absolute Gasteiger partial charge is 0.493 e. The zero-order valence-corrected chi connectivity index (χ0v) is 17.9. The molecular formula is C23H27N3O5. The Balaban J connectivity index is 1.59. The van der Waals surface area contributed by atoms with Crippen LogP contribution in [0.15, 0.2) is 48.5 Å². The minimum atomic E-state index is -1.14. The molecule has 31 heavy (non-hydrogen) atoms. The lowest BCUT2D eigenvalue weighted by Gasteiger charge is -2.25. The lowest BCUT2D eigenvalue weighted by atomic mass is 9.87. The molecule has 8 nitrogen and oxygen atoms in total. The highest BCUT2D eigenvalue weighted by Gasteiger charge is 2.51. The van der Waals surface area contributed by atoms with E-state index in [0.717, 1.165) is 10.5 Å². The van der Waals surface area contributed by atoms with Crippen molar-refractivity contribution in [1.82, 2.24) is 15.5 Å². The molecule has 3 rings (SSSR count). The molecule has 1 saturated heterocycles. The third-order valence-corrected chi connectivity index (χ3v) is 5.46. The Bertz CT molecular complexity index is 963. The van der Waals surface area contributed by atoms with E-state index >= 15 is 0 Å². The van der Waals surface area contributed by atoms with Crippen LogP contribution in [0.2, 0.25) is 0 Å². The summed E-state index contributed by atoms with van der Waals surface area (Å²) in [4.78, 5) is 38.9. The van der Waals surface area contributed by atoms with E-state index in [1.807, 2.05) is 37.3 Å². The van der Waals surface area contributed by atoms with E-state index in [9.17, 15) is 14.4 Å². The molecule has 164 valence electrons. The van der Waals surface area contributed by atoms with Crippen LogP contribution in [0.25, 0.3) is 0 Å². The highest BCUT2D eigenvalue weighted by atomic mass is 16.5. The summed E-state index contributed by atoms with van der Waals surface area (Å²) in [5.41, 5.74) is 0.521. The Morgan fingerprint density at radius 2 is 1.77 bits per heavy atom. The number of hydrogen-bond donors (Lipinski definition) is 2. The molecule has 0 aliphatic carbocycles. The Labute approximate surface area is 181 Å². The molecule has 1 atom stereocenters. The summed E-state index contributed by atoms with van der Waals surface area (Å²) >= 11 is 0. The number of nitrogens with one attached hydrogen (secondary N) is 2. The van der Waals surface area contributed by atoms with Gasteiger partial charge in [0.05, 0.1) is 14.2 Å². The fourth-order valence-electron chi connectivity index (χ4n) is 3.71. The summed E-state index contributed by atoms with van der Waals surface area (Å²) in [5, 5.41) is 5.54. The van der Waals surface area contributed by atoms with Crippen molar-refractivity contribution in [1.29, 1.82) is 0 Å². The van der Waals surface area contributed by atoms with E-state index in [1.165, 1.54) is 0 Å². The van der Waals surface area contributed by atoms with Crippen LogP contribution in [-0.2, 0) is 21.5 Å². The molecule has 1 fully saturated rings. The van der Waals surface area contributed by atoms with Crippen molar-refractivity contribution in [3.8, 4) is 11.5 Å². The van der Waals surface area contributed by atoms with Gasteiger partial charge in [-0.3, -0.25) is 14.5 Å². The fourth-order valence-corrected chi connectivity index (χ4v) is 3.71. The zero-order valence-electron chi connectivity index (χ0n) is 17.9. The van der Waals surface area contributed by atoms with Gasteiger partial charge in [0.1, 0.15) is 12.1 Å². The summed E-state index contributed by atoms with van der Waals surface area (Å²) in [7, 11) is 3.13. The molecule has 2 aromatic rings. The predicted molar refractivity (Wildman–Crippen MR) is 115 cm³/mol. The van der Waals surface area contributed by atoms with Crippen LogP contribution < -0.4 is 20.1 Å². The van der Waals surface area contributed by atoms with Crippen LogP contribution in [-0.4, -0.2) is 50.1 Å². The number of amides is 4. The minimum absolute atomic E-state index is 0.328. The number of urea groups is 1. The van der Waals surface area contributed by atoms with E-state index in [4.69, 9.17) is 9.47 Å². The maximum absolute atomic E-state index is 13.1. The summed E-state index contributed by atoms with van der Waals surface area (Å²) in [5.74, 6) is 0.430. The van der Waals surface area contributed by atoms with Crippen LogP contribution in [0.5, 0.6) is 11.5 Å². The molecule has 1 heterocycles. The number of hydrogen-bond acceptors (Lipinski definition) is 5. The number of carbonyl (C=O) groups is 3. The van der Waals surface area contributed by atoms with E-state index < -0.39 is 23.4 Å². The zero-order chi connectivity index (χ0) is 22.4. The van der Waals surface area contributed by atoms with E-state index in [2.05, 4.69) is 10.6 Å². The summed E-state index contributed by atoms with van der Waals surface area (Å²) < 4.78 is 10.5. The molecule has 4 amide bonds. The van der Waals surface area contributed by atoms with Gasteiger partial charge in [-0.15, -0.1) is 0 Å². The third kappa shape index (κ3) is 4.47. The molecule has 0 spiro atoms. The van der Waals surface area contributed by atoms with Crippen molar-refractivity contribution in [2.24, 2.45) is 0 Å². The van der Waals surface area contributed by atoms with Crippen molar-refractivity contribution < 1.29 is 23.9 Å². The molecule has 0 radical (unpaired) electrons. The van der Waals surface area contributed by atoms with Gasteiger partial charge in [0.2, 0.25) is 5.91 Å². The van der Waals surface area contributed by atoms with E-state index in [-0.39, 0.29) is 6.54 Å². The Morgan fingerprint density at radius 1 is 1.06 bits per heavy atom. The first kappa shape index (κ1) is 22.1. The van der Waals surface area contributed by atoms with Gasteiger partial charge in [-0.25, -0.2) is 4.79 Å². The second-order valence-electron chi connectivity index (χ2n) is 7.24. The fraction of sp³-hybridized carbons (Fsp3) is 0.348. The van der Waals surface area contributed by atoms with Gasteiger partial charge < -0.3 is 20.1 Å². The number of imide groups is 1. The van der Waals surface area contributed by atoms with E-state index in [0.29, 0.717) is 36.4 Å². The highest BCUT2D eigenvalue weighted by Crippen LogP contribution is 2.32. The van der Waals surface area contributed by atoms with Crippen molar-refractivity contribution >= 4 is 17.8 Å². The first-order valence-corrected chi connectivity index (χ1v) is 10.1.